The summed E-state index contributed by atoms with van der Waals surface area (Å²) in [6, 6.07) is 4.07. The van der Waals surface area contributed by atoms with Crippen LogP contribution in [0, 0.1) is 5.82 Å². The number of hydrogen-bond acceptors (Lipinski definition) is 7. The summed E-state index contributed by atoms with van der Waals surface area (Å²) in [5, 5.41) is 2.70. The molecular formula is C21H22BrFN4O2S. The van der Waals surface area contributed by atoms with Crippen LogP contribution >= 0.6 is 27.3 Å². The minimum absolute atomic E-state index is 0.227. The van der Waals surface area contributed by atoms with Gasteiger partial charge in [0.15, 0.2) is 10.8 Å². The van der Waals surface area contributed by atoms with Gasteiger partial charge in [0.05, 0.1) is 12.2 Å². The summed E-state index contributed by atoms with van der Waals surface area (Å²) in [7, 11) is 4.06. The fraction of sp³-hybridized carbons (Fsp3) is 0.381. The van der Waals surface area contributed by atoms with Crippen molar-refractivity contribution in [1.29, 1.82) is 0 Å². The zero-order valence-electron chi connectivity index (χ0n) is 16.9. The Bertz CT molecular complexity index is 1020. The van der Waals surface area contributed by atoms with Crippen molar-refractivity contribution in [2.45, 2.75) is 25.4 Å². The minimum Gasteiger partial charge on any atom is -0.463 e. The van der Waals surface area contributed by atoms with E-state index >= 15 is 0 Å². The number of ether oxygens (including phenoxy) is 1. The molecule has 2 aliphatic rings. The van der Waals surface area contributed by atoms with Crippen molar-refractivity contribution in [3.8, 4) is 0 Å². The standard InChI is InChI=1S/C21H22BrFN4O2S/c1-4-29-21(28)17-16-10-13(26(2)3)11-27(16)19(20-24-7-8-30-20)25-18(17)14-6-5-12(23)9-15(14)22/h5-9,13,18H,4,10-11H2,1-3H3/t13?,18-/m0/s1. The number of nitrogens with zero attached hydrogens (tertiary/aromatic N) is 4. The molecule has 1 aromatic carbocycles. The van der Waals surface area contributed by atoms with E-state index in [1.807, 2.05) is 19.5 Å². The first-order valence-electron chi connectivity index (χ1n) is 9.67. The smallest absolute Gasteiger partial charge is 0.338 e. The molecule has 0 bridgehead atoms. The van der Waals surface area contributed by atoms with Crippen molar-refractivity contribution in [1.82, 2.24) is 14.8 Å². The average Bonchev–Trinajstić information content (AvgIpc) is 3.37. The van der Waals surface area contributed by atoms with E-state index in [2.05, 4.69) is 30.7 Å². The Hall–Kier alpha value is -2.10. The van der Waals surface area contributed by atoms with Crippen LogP contribution in [0.25, 0.3) is 0 Å². The van der Waals surface area contributed by atoms with Gasteiger partial charge in [-0.3, -0.25) is 4.99 Å². The molecule has 3 heterocycles. The Balaban J connectivity index is 1.91. The number of amidine groups is 1. The van der Waals surface area contributed by atoms with Crippen molar-refractivity contribution >= 4 is 39.1 Å². The fourth-order valence-corrected chi connectivity index (χ4v) is 5.05. The number of aromatic nitrogens is 1. The van der Waals surface area contributed by atoms with Gasteiger partial charge in [0.1, 0.15) is 11.9 Å². The number of likely N-dealkylation sites (N-methyl/N-ethyl adjacent to an activating group) is 1. The molecule has 1 unspecified atom stereocenters. The Labute approximate surface area is 187 Å². The summed E-state index contributed by atoms with van der Waals surface area (Å²) >= 11 is 4.96. The maximum atomic E-state index is 13.8. The van der Waals surface area contributed by atoms with Crippen LogP contribution in [0.4, 0.5) is 4.39 Å². The lowest BCUT2D eigenvalue weighted by Crippen LogP contribution is -2.37. The molecule has 0 saturated carbocycles. The number of carbonyl (C=O) groups is 1. The normalized spacial score (nSPS) is 21.1. The van der Waals surface area contributed by atoms with Gasteiger partial charge in [-0.05, 0) is 38.7 Å². The van der Waals surface area contributed by atoms with Crippen LogP contribution < -0.4 is 0 Å². The Morgan fingerprint density at radius 3 is 2.87 bits per heavy atom. The quantitative estimate of drug-likeness (QED) is 0.590. The van der Waals surface area contributed by atoms with E-state index in [-0.39, 0.29) is 24.4 Å². The number of fused-ring (bicyclic) bond motifs is 1. The summed E-state index contributed by atoms with van der Waals surface area (Å²) < 4.78 is 19.7. The van der Waals surface area contributed by atoms with Gasteiger partial charge in [-0.15, -0.1) is 11.3 Å². The van der Waals surface area contributed by atoms with Crippen molar-refractivity contribution < 1.29 is 13.9 Å². The zero-order valence-corrected chi connectivity index (χ0v) is 19.3. The topological polar surface area (TPSA) is 58.0 Å². The van der Waals surface area contributed by atoms with Gasteiger partial charge in [-0.2, -0.15) is 0 Å². The van der Waals surface area contributed by atoms with Crippen molar-refractivity contribution in [2.24, 2.45) is 4.99 Å². The lowest BCUT2D eigenvalue weighted by atomic mass is 9.94. The van der Waals surface area contributed by atoms with Gasteiger partial charge in [0.25, 0.3) is 0 Å². The molecule has 9 heteroatoms. The lowest BCUT2D eigenvalue weighted by molar-refractivity contribution is -0.139. The van der Waals surface area contributed by atoms with Gasteiger partial charge >= 0.3 is 5.97 Å². The van der Waals surface area contributed by atoms with E-state index in [0.717, 1.165) is 16.5 Å². The van der Waals surface area contributed by atoms with E-state index in [1.54, 1.807) is 19.2 Å². The molecule has 0 radical (unpaired) electrons. The Morgan fingerprint density at radius 2 is 2.23 bits per heavy atom. The molecule has 0 spiro atoms. The molecular weight excluding hydrogens is 471 g/mol. The highest BCUT2D eigenvalue weighted by molar-refractivity contribution is 9.10. The van der Waals surface area contributed by atoms with Crippen molar-refractivity contribution in [2.75, 3.05) is 27.2 Å². The van der Waals surface area contributed by atoms with E-state index in [1.165, 1.54) is 23.5 Å². The summed E-state index contributed by atoms with van der Waals surface area (Å²) in [6.07, 6.45) is 2.44. The molecule has 30 heavy (non-hydrogen) atoms. The summed E-state index contributed by atoms with van der Waals surface area (Å²) in [4.78, 5) is 26.7. The SMILES string of the molecule is CCOC(=O)C1=C2CC(N(C)C)CN2C(c2nccs2)=N[C@H]1c1ccc(F)cc1Br. The molecule has 0 N–H and O–H groups in total. The monoisotopic (exact) mass is 492 g/mol. The second-order valence-electron chi connectivity index (χ2n) is 7.37. The second kappa shape index (κ2) is 8.56. The number of carbonyl (C=O) groups excluding carboxylic acids is 1. The lowest BCUT2D eigenvalue weighted by Gasteiger charge is -2.32. The Kier molecular flexibility index (Phi) is 6.04. The number of benzene rings is 1. The van der Waals surface area contributed by atoms with E-state index in [9.17, 15) is 9.18 Å². The largest absolute Gasteiger partial charge is 0.463 e. The molecule has 2 aliphatic heterocycles. The molecule has 2 aromatic rings. The maximum absolute atomic E-state index is 13.8. The van der Waals surface area contributed by atoms with E-state index in [4.69, 9.17) is 9.73 Å². The highest BCUT2D eigenvalue weighted by Gasteiger charge is 2.42. The third-order valence-corrected chi connectivity index (χ3v) is 6.80. The molecule has 1 saturated heterocycles. The summed E-state index contributed by atoms with van der Waals surface area (Å²) in [5.41, 5.74) is 2.12. The van der Waals surface area contributed by atoms with Gasteiger partial charge in [0, 0.05) is 40.8 Å². The number of aliphatic imine (C=N–C) groups is 1. The predicted octanol–water partition coefficient (Wildman–Crippen LogP) is 4.00. The second-order valence-corrected chi connectivity index (χ2v) is 9.12. The third-order valence-electron chi connectivity index (χ3n) is 5.35. The number of halogens is 2. The van der Waals surface area contributed by atoms with Gasteiger partial charge in [-0.1, -0.05) is 22.0 Å². The summed E-state index contributed by atoms with van der Waals surface area (Å²) in [6.45, 7) is 2.77. The molecule has 4 rings (SSSR count). The van der Waals surface area contributed by atoms with Crippen LogP contribution in [0.2, 0.25) is 0 Å². The van der Waals surface area contributed by atoms with Crippen LogP contribution in [-0.4, -0.2) is 59.9 Å². The first-order chi connectivity index (χ1) is 14.4. The van der Waals surface area contributed by atoms with Crippen LogP contribution in [0.15, 0.2) is 50.5 Å². The highest BCUT2D eigenvalue weighted by atomic mass is 79.9. The van der Waals surface area contributed by atoms with Crippen LogP contribution in [-0.2, 0) is 9.53 Å². The van der Waals surface area contributed by atoms with E-state index < -0.39 is 6.04 Å². The molecule has 2 atom stereocenters. The van der Waals surface area contributed by atoms with Gasteiger partial charge in [0.2, 0.25) is 0 Å². The Morgan fingerprint density at radius 1 is 1.43 bits per heavy atom. The highest BCUT2D eigenvalue weighted by Crippen LogP contribution is 2.43. The van der Waals surface area contributed by atoms with Crippen LogP contribution in [0.1, 0.15) is 30.0 Å². The summed E-state index contributed by atoms with van der Waals surface area (Å²) in [5.74, 6) is -0.00948. The minimum atomic E-state index is -0.606. The van der Waals surface area contributed by atoms with Crippen LogP contribution in [0.3, 0.4) is 0 Å². The van der Waals surface area contributed by atoms with Gasteiger partial charge < -0.3 is 14.5 Å². The number of rotatable bonds is 5. The average molecular weight is 493 g/mol. The van der Waals surface area contributed by atoms with Gasteiger partial charge in [-0.25, -0.2) is 14.2 Å². The molecule has 1 aromatic heterocycles. The van der Waals surface area contributed by atoms with Crippen molar-refractivity contribution in [3.05, 3.63) is 61.9 Å². The zero-order chi connectivity index (χ0) is 21.4. The predicted molar refractivity (Wildman–Crippen MR) is 118 cm³/mol. The molecule has 1 fully saturated rings. The molecule has 0 aliphatic carbocycles. The molecule has 6 nitrogen and oxygen atoms in total. The first kappa shape index (κ1) is 21.1. The third kappa shape index (κ3) is 3.81. The number of thiazole rings is 1. The van der Waals surface area contributed by atoms with Crippen molar-refractivity contribution in [3.63, 3.8) is 0 Å². The number of hydrogen-bond donors (Lipinski definition) is 0. The maximum Gasteiger partial charge on any atom is 0.338 e. The first-order valence-corrected chi connectivity index (χ1v) is 11.3. The molecule has 0 amide bonds. The van der Waals surface area contributed by atoms with Crippen LogP contribution in [0.5, 0.6) is 0 Å². The fourth-order valence-electron chi connectivity index (χ4n) is 3.84. The number of esters is 1. The molecule has 158 valence electrons. The van der Waals surface area contributed by atoms with E-state index in [0.29, 0.717) is 28.6 Å².